The van der Waals surface area contributed by atoms with E-state index in [0.717, 1.165) is 48.9 Å². The van der Waals surface area contributed by atoms with Crippen molar-refractivity contribution in [3.8, 4) is 0 Å². The molecule has 1 N–H and O–H groups in total. The second-order valence-electron chi connectivity index (χ2n) is 5.76. The zero-order valence-electron chi connectivity index (χ0n) is 13.6. The lowest BCUT2D eigenvalue weighted by molar-refractivity contribution is 0.0701. The fourth-order valence-electron chi connectivity index (χ4n) is 3.07. The first-order valence-electron chi connectivity index (χ1n) is 7.89. The number of carboxylic acid groups (broad SMARTS) is 1. The maximum atomic E-state index is 11.4. The van der Waals surface area contributed by atoms with Crippen LogP contribution in [0.1, 0.15) is 15.2 Å². The van der Waals surface area contributed by atoms with Crippen LogP contribution in [0.4, 0.5) is 11.8 Å². The van der Waals surface area contributed by atoms with Gasteiger partial charge in [0.1, 0.15) is 21.9 Å². The number of carboxylic acids is 1. The van der Waals surface area contributed by atoms with E-state index in [0.29, 0.717) is 9.71 Å². The number of nitrogens with zero attached hydrogens (tertiary/aromatic N) is 6. The van der Waals surface area contributed by atoms with Gasteiger partial charge in [-0.2, -0.15) is 0 Å². The first-order valence-corrected chi connectivity index (χ1v) is 8.71. The Bertz CT molecular complexity index is 921. The summed E-state index contributed by atoms with van der Waals surface area (Å²) in [6.07, 6.45) is 4.99. The third-order valence-corrected chi connectivity index (χ3v) is 5.50. The maximum absolute atomic E-state index is 11.4. The Morgan fingerprint density at radius 3 is 2.44 bits per heavy atom. The van der Waals surface area contributed by atoms with Crippen molar-refractivity contribution in [3.05, 3.63) is 35.2 Å². The van der Waals surface area contributed by atoms with Gasteiger partial charge in [0.25, 0.3) is 0 Å². The molecule has 0 atom stereocenters. The lowest BCUT2D eigenvalue weighted by Gasteiger charge is -2.35. The van der Waals surface area contributed by atoms with E-state index in [-0.39, 0.29) is 0 Å². The highest BCUT2D eigenvalue weighted by atomic mass is 32.1. The average molecular weight is 356 g/mol. The largest absolute Gasteiger partial charge is 0.477 e. The molecular formula is C16H16N6O2S. The van der Waals surface area contributed by atoms with Gasteiger partial charge in [0.05, 0.1) is 5.39 Å². The Kier molecular flexibility index (Phi) is 3.92. The Morgan fingerprint density at radius 1 is 1.08 bits per heavy atom. The topological polar surface area (TPSA) is 95.3 Å². The van der Waals surface area contributed by atoms with E-state index in [9.17, 15) is 9.90 Å². The Balaban J connectivity index is 1.62. The number of hydrogen-bond acceptors (Lipinski definition) is 8. The van der Waals surface area contributed by atoms with E-state index in [2.05, 4.69) is 29.7 Å². The van der Waals surface area contributed by atoms with E-state index in [1.807, 2.05) is 6.92 Å². The predicted octanol–water partition coefficient (Wildman–Crippen LogP) is 1.81. The Morgan fingerprint density at radius 2 is 1.76 bits per heavy atom. The monoisotopic (exact) mass is 356 g/mol. The number of aromatic carboxylic acids is 1. The van der Waals surface area contributed by atoms with Crippen molar-refractivity contribution in [1.82, 2.24) is 19.9 Å². The molecule has 0 amide bonds. The molecular weight excluding hydrogens is 340 g/mol. The van der Waals surface area contributed by atoms with Crippen LogP contribution in [0, 0.1) is 6.92 Å². The molecule has 0 bridgehead atoms. The summed E-state index contributed by atoms with van der Waals surface area (Å²) in [5, 5.41) is 10.2. The van der Waals surface area contributed by atoms with E-state index in [1.54, 1.807) is 18.5 Å². The van der Waals surface area contributed by atoms with Crippen molar-refractivity contribution < 1.29 is 9.90 Å². The summed E-state index contributed by atoms with van der Waals surface area (Å²) in [4.78, 5) is 34.0. The highest BCUT2D eigenvalue weighted by Crippen LogP contribution is 2.35. The lowest BCUT2D eigenvalue weighted by atomic mass is 10.2. The number of fused-ring (bicyclic) bond motifs is 1. The fraction of sp³-hybridized carbons (Fsp3) is 0.312. The number of aromatic nitrogens is 4. The first-order chi connectivity index (χ1) is 12.1. The van der Waals surface area contributed by atoms with Crippen molar-refractivity contribution in [3.63, 3.8) is 0 Å². The van der Waals surface area contributed by atoms with Gasteiger partial charge in [0.15, 0.2) is 0 Å². The molecule has 128 valence electrons. The molecule has 3 aromatic heterocycles. The summed E-state index contributed by atoms with van der Waals surface area (Å²) < 4.78 is 0. The van der Waals surface area contributed by atoms with Gasteiger partial charge in [-0.05, 0) is 18.6 Å². The van der Waals surface area contributed by atoms with Crippen LogP contribution in [0.2, 0.25) is 0 Å². The highest BCUT2D eigenvalue weighted by molar-refractivity contribution is 7.20. The molecule has 1 saturated heterocycles. The van der Waals surface area contributed by atoms with Crippen molar-refractivity contribution in [2.75, 3.05) is 36.0 Å². The molecule has 9 heteroatoms. The van der Waals surface area contributed by atoms with Gasteiger partial charge in [0, 0.05) is 38.6 Å². The first kappa shape index (κ1) is 15.7. The van der Waals surface area contributed by atoms with Crippen molar-refractivity contribution in [1.29, 1.82) is 0 Å². The molecule has 1 fully saturated rings. The molecule has 0 aliphatic carbocycles. The van der Waals surface area contributed by atoms with E-state index >= 15 is 0 Å². The molecule has 1 aliphatic rings. The summed E-state index contributed by atoms with van der Waals surface area (Å²) in [6.45, 7) is 4.92. The summed E-state index contributed by atoms with van der Waals surface area (Å²) >= 11 is 1.20. The third-order valence-electron chi connectivity index (χ3n) is 4.32. The number of aryl methyl sites for hydroxylation is 1. The van der Waals surface area contributed by atoms with Crippen LogP contribution < -0.4 is 9.80 Å². The summed E-state index contributed by atoms with van der Waals surface area (Å²) in [5.74, 6) is 0.618. The van der Waals surface area contributed by atoms with Gasteiger partial charge in [-0.3, -0.25) is 0 Å². The molecule has 8 nitrogen and oxygen atoms in total. The number of rotatable bonds is 3. The summed E-state index contributed by atoms with van der Waals surface area (Å²) in [7, 11) is 0. The van der Waals surface area contributed by atoms with Crippen LogP contribution in [0.15, 0.2) is 24.8 Å². The Hall–Kier alpha value is -2.81. The SMILES string of the molecule is Cc1c(C(=O)O)sc2ncnc(N3CCN(c4ncccn4)CC3)c12. The molecule has 0 radical (unpaired) electrons. The minimum absolute atomic E-state index is 0.327. The number of thiophene rings is 1. The zero-order valence-corrected chi connectivity index (χ0v) is 14.4. The fourth-order valence-corrected chi connectivity index (χ4v) is 4.05. The van der Waals surface area contributed by atoms with Gasteiger partial charge in [0.2, 0.25) is 5.95 Å². The quantitative estimate of drug-likeness (QED) is 0.759. The zero-order chi connectivity index (χ0) is 17.4. The van der Waals surface area contributed by atoms with Crippen molar-refractivity contribution >= 4 is 39.3 Å². The molecule has 1 aliphatic heterocycles. The second-order valence-corrected chi connectivity index (χ2v) is 6.76. The smallest absolute Gasteiger partial charge is 0.346 e. The molecule has 3 aromatic rings. The number of piperazine rings is 1. The van der Waals surface area contributed by atoms with Crippen LogP contribution in [-0.2, 0) is 0 Å². The molecule has 0 saturated carbocycles. The van der Waals surface area contributed by atoms with Gasteiger partial charge in [-0.25, -0.2) is 24.7 Å². The minimum atomic E-state index is -0.919. The summed E-state index contributed by atoms with van der Waals surface area (Å²) in [6, 6.07) is 1.80. The second kappa shape index (κ2) is 6.25. The predicted molar refractivity (Wildman–Crippen MR) is 95.6 cm³/mol. The summed E-state index contributed by atoms with van der Waals surface area (Å²) in [5.41, 5.74) is 0.733. The molecule has 4 rings (SSSR count). The normalized spacial score (nSPS) is 14.9. The van der Waals surface area contributed by atoms with Crippen molar-refractivity contribution in [2.45, 2.75) is 6.92 Å². The van der Waals surface area contributed by atoms with Gasteiger partial charge in [-0.1, -0.05) is 0 Å². The van der Waals surface area contributed by atoms with Crippen LogP contribution in [-0.4, -0.2) is 57.2 Å². The van der Waals surface area contributed by atoms with Gasteiger partial charge < -0.3 is 14.9 Å². The molecule has 0 spiro atoms. The number of anilines is 2. The van der Waals surface area contributed by atoms with Crippen LogP contribution in [0.5, 0.6) is 0 Å². The highest BCUT2D eigenvalue weighted by Gasteiger charge is 2.24. The molecule has 4 heterocycles. The average Bonchev–Trinajstić information content (AvgIpc) is 3.00. The number of hydrogen-bond donors (Lipinski definition) is 1. The Labute approximate surface area is 147 Å². The minimum Gasteiger partial charge on any atom is -0.477 e. The van der Waals surface area contributed by atoms with Crippen LogP contribution in [0.3, 0.4) is 0 Å². The van der Waals surface area contributed by atoms with E-state index in [4.69, 9.17) is 0 Å². The molecule has 25 heavy (non-hydrogen) atoms. The maximum Gasteiger partial charge on any atom is 0.346 e. The van der Waals surface area contributed by atoms with Crippen LogP contribution >= 0.6 is 11.3 Å². The standard InChI is InChI=1S/C16H16N6O2S/c1-10-11-13(19-9-20-14(11)25-12(10)15(23)24)21-5-7-22(8-6-21)16-17-3-2-4-18-16/h2-4,9H,5-8H2,1H3,(H,23,24). The third kappa shape index (κ3) is 2.76. The van der Waals surface area contributed by atoms with Gasteiger partial charge >= 0.3 is 5.97 Å². The molecule has 0 aromatic carbocycles. The van der Waals surface area contributed by atoms with E-state index in [1.165, 1.54) is 17.7 Å². The van der Waals surface area contributed by atoms with E-state index < -0.39 is 5.97 Å². The lowest BCUT2D eigenvalue weighted by Crippen LogP contribution is -2.47. The van der Waals surface area contributed by atoms with Gasteiger partial charge in [-0.15, -0.1) is 11.3 Å². The molecule has 0 unspecified atom stereocenters. The van der Waals surface area contributed by atoms with Crippen molar-refractivity contribution in [2.24, 2.45) is 0 Å². The number of carbonyl (C=O) groups is 1. The van der Waals surface area contributed by atoms with Crippen LogP contribution in [0.25, 0.3) is 10.2 Å².